The fourth-order valence-corrected chi connectivity index (χ4v) is 10.8. The number of allylic oxidation sites excluding steroid dienone is 7. The maximum Gasteiger partial charge on any atom is 0.305 e. The molecule has 2 heterocycles. The highest BCUT2D eigenvalue weighted by Crippen LogP contribution is 2.50. The summed E-state index contributed by atoms with van der Waals surface area (Å²) in [4.78, 5) is 13.0. The van der Waals surface area contributed by atoms with Crippen molar-refractivity contribution in [1.29, 1.82) is 0 Å². The summed E-state index contributed by atoms with van der Waals surface area (Å²) in [6, 6.07) is 12.5. The molecule has 3 aliphatic rings. The Hall–Kier alpha value is -4.75. The molecule has 0 aromatic heterocycles. The normalized spacial score (nSPS) is 17.8. The number of fused-ring (bicyclic) bond motifs is 2. The van der Waals surface area contributed by atoms with Crippen molar-refractivity contribution < 1.29 is 78.7 Å². The summed E-state index contributed by atoms with van der Waals surface area (Å²) in [5.74, 6) is -0.00221. The SMILES string of the molecule is Cc1cc(S(=O)(=O)O)cc2c1N(CCOCCOCCOCCOCCC(=O)O)/C(=C/C=C1\CCCC(/C=C/C3=[N+](C)c4c(C)cc(SOOO)cc4C3(C)C)=C1Oc1ccc(S(=O)(=O)O)cc1)C2(C)C. The number of anilines is 1. The average Bonchev–Trinajstić information content (AvgIpc) is 3.63. The van der Waals surface area contributed by atoms with Gasteiger partial charge < -0.3 is 33.7 Å². The molecule has 0 fully saturated rings. The molecule has 0 spiro atoms. The number of carboxylic acid groups (broad SMARTS) is 1. The van der Waals surface area contributed by atoms with Crippen LogP contribution in [-0.2, 0) is 64.2 Å². The molecule has 21 heteroatoms. The first kappa shape index (κ1) is 55.6. The van der Waals surface area contributed by atoms with Gasteiger partial charge in [-0.1, -0.05) is 25.0 Å². The van der Waals surface area contributed by atoms with Crippen molar-refractivity contribution in [1.82, 2.24) is 0 Å². The Balaban J connectivity index is 1.30. The number of ether oxygens (including phenoxy) is 5. The van der Waals surface area contributed by atoms with E-state index in [0.717, 1.165) is 68.4 Å². The lowest BCUT2D eigenvalue weighted by atomic mass is 9.80. The van der Waals surface area contributed by atoms with Gasteiger partial charge >= 0.3 is 5.97 Å². The number of rotatable bonds is 25. The fourth-order valence-electron chi connectivity index (χ4n) is 9.21. The van der Waals surface area contributed by atoms with Crippen LogP contribution in [0, 0.1) is 13.8 Å². The lowest BCUT2D eigenvalue weighted by Crippen LogP contribution is -2.29. The fraction of sp³-hybridized carbons (Fsp3) is 0.440. The van der Waals surface area contributed by atoms with Crippen molar-refractivity contribution in [2.24, 2.45) is 0 Å². The van der Waals surface area contributed by atoms with Crippen molar-refractivity contribution >= 4 is 55.3 Å². The summed E-state index contributed by atoms with van der Waals surface area (Å²) >= 11 is 0.903. The van der Waals surface area contributed by atoms with Crippen molar-refractivity contribution in [2.45, 2.75) is 92.7 Å². The van der Waals surface area contributed by atoms with Gasteiger partial charge in [0.05, 0.1) is 86.5 Å². The van der Waals surface area contributed by atoms with E-state index in [9.17, 15) is 30.7 Å². The van der Waals surface area contributed by atoms with E-state index in [0.29, 0.717) is 75.1 Å². The van der Waals surface area contributed by atoms with Crippen LogP contribution in [0.2, 0.25) is 0 Å². The second-order valence-electron chi connectivity index (χ2n) is 18.2. The summed E-state index contributed by atoms with van der Waals surface area (Å²) < 4.78 is 105. The smallest absolute Gasteiger partial charge is 0.305 e. The predicted molar refractivity (Wildman–Crippen MR) is 266 cm³/mol. The van der Waals surface area contributed by atoms with E-state index in [2.05, 4.69) is 34.4 Å². The van der Waals surface area contributed by atoms with Crippen LogP contribution in [0.1, 0.15) is 75.6 Å². The highest BCUT2D eigenvalue weighted by atomic mass is 32.2. The molecule has 18 nitrogen and oxygen atoms in total. The van der Waals surface area contributed by atoms with Crippen LogP contribution in [-0.4, -0.2) is 119 Å². The van der Waals surface area contributed by atoms with Gasteiger partial charge in [-0.25, -0.2) is 5.26 Å². The van der Waals surface area contributed by atoms with Crippen LogP contribution in [0.4, 0.5) is 11.4 Å². The van der Waals surface area contributed by atoms with Crippen LogP contribution in [0.5, 0.6) is 5.75 Å². The molecule has 0 radical (unpaired) electrons. The first-order chi connectivity index (χ1) is 33.5. The second-order valence-corrected chi connectivity index (χ2v) is 21.9. The number of hydrogen-bond donors (Lipinski definition) is 4. The number of carboxylic acids is 1. The number of hydrogen-bond acceptors (Lipinski definition) is 15. The van der Waals surface area contributed by atoms with Crippen LogP contribution < -0.4 is 9.64 Å². The van der Waals surface area contributed by atoms with E-state index in [4.69, 9.17) is 38.4 Å². The van der Waals surface area contributed by atoms with Gasteiger partial charge in [0.15, 0.2) is 5.71 Å². The topological polar surface area (TPSA) is 237 Å². The second kappa shape index (κ2) is 23.9. The third kappa shape index (κ3) is 13.7. The van der Waals surface area contributed by atoms with E-state index in [1.54, 1.807) is 6.92 Å². The Bertz CT molecular complexity index is 2830. The Kier molecular flexibility index (Phi) is 18.7. The minimum atomic E-state index is -4.53. The number of carbonyl (C=O) groups is 1. The Morgan fingerprint density at radius 3 is 1.99 bits per heavy atom. The summed E-state index contributed by atoms with van der Waals surface area (Å²) in [5.41, 5.74) is 7.63. The molecule has 6 rings (SSSR count). The Morgan fingerprint density at radius 1 is 0.761 bits per heavy atom. The van der Waals surface area contributed by atoms with E-state index in [1.165, 1.54) is 36.4 Å². The maximum absolute atomic E-state index is 12.5. The van der Waals surface area contributed by atoms with Gasteiger partial charge in [-0.15, -0.1) is 4.33 Å². The van der Waals surface area contributed by atoms with Crippen LogP contribution in [0.25, 0.3) is 0 Å². The number of benzene rings is 3. The van der Waals surface area contributed by atoms with Gasteiger partial charge in [-0.2, -0.15) is 21.4 Å². The standard InChI is InChI=1S/C50H62N2O16S3/c1-33-29-38(69-68-67-55)31-41-46(33)51(7)43(49(41,3)4)17-11-35-9-8-10-36(48(35)66-37-13-15-39(16-14-37)70(56,57)58)12-18-44-50(5,6)42-32-40(71(59,60)61)30-34(2)47(42)52(44)20-22-63-24-26-65-28-27-64-25-23-62-21-19-45(53)54/h11-18,29-32H,8-10,19-28H2,1-7H3,(H3-,53,54,55,56,57,58,59,60,61)/p+1. The Labute approximate surface area is 419 Å². The summed E-state index contributed by atoms with van der Waals surface area (Å²) in [5, 5.41) is 21.3. The molecule has 71 heavy (non-hydrogen) atoms. The predicted octanol–water partition coefficient (Wildman–Crippen LogP) is 8.45. The maximum atomic E-state index is 12.5. The molecular weight excluding hydrogens is 981 g/mol. The molecule has 0 atom stereocenters. The first-order valence-corrected chi connectivity index (χ1v) is 26.6. The number of nitrogens with zero attached hydrogens (tertiary/aromatic N) is 2. The Morgan fingerprint density at radius 2 is 1.38 bits per heavy atom. The molecular formula is C50H63N2O16S3+. The van der Waals surface area contributed by atoms with Gasteiger partial charge in [-0.3, -0.25) is 13.9 Å². The van der Waals surface area contributed by atoms with Gasteiger partial charge in [0.25, 0.3) is 20.2 Å². The zero-order valence-corrected chi connectivity index (χ0v) is 43.4. The minimum absolute atomic E-state index is 0.0654. The lowest BCUT2D eigenvalue weighted by molar-refractivity contribution is -0.432. The van der Waals surface area contributed by atoms with Gasteiger partial charge in [-0.05, 0) is 130 Å². The zero-order valence-electron chi connectivity index (χ0n) is 40.9. The van der Waals surface area contributed by atoms with Gasteiger partial charge in [0.2, 0.25) is 5.69 Å². The highest BCUT2D eigenvalue weighted by molar-refractivity contribution is 7.94. The third-order valence-corrected chi connectivity index (χ3v) is 14.9. The van der Waals surface area contributed by atoms with Gasteiger partial charge in [0, 0.05) is 45.4 Å². The highest BCUT2D eigenvalue weighted by Gasteiger charge is 2.45. The van der Waals surface area contributed by atoms with E-state index >= 15 is 0 Å². The summed E-state index contributed by atoms with van der Waals surface area (Å²) in [6.07, 6.45) is 10.1. The van der Waals surface area contributed by atoms with Crippen molar-refractivity contribution in [3.8, 4) is 5.75 Å². The van der Waals surface area contributed by atoms with Crippen LogP contribution >= 0.6 is 12.0 Å². The zero-order chi connectivity index (χ0) is 51.7. The monoisotopic (exact) mass is 1040 g/mol. The van der Waals surface area contributed by atoms with Gasteiger partial charge in [0.1, 0.15) is 18.6 Å². The molecule has 4 N–H and O–H groups in total. The molecule has 0 saturated carbocycles. The summed E-state index contributed by atoms with van der Waals surface area (Å²) in [7, 11) is -6.97. The minimum Gasteiger partial charge on any atom is -0.481 e. The molecule has 3 aromatic rings. The van der Waals surface area contributed by atoms with Crippen LogP contribution in [0.15, 0.2) is 110 Å². The van der Waals surface area contributed by atoms with Crippen molar-refractivity contribution in [3.63, 3.8) is 0 Å². The molecule has 0 unspecified atom stereocenters. The quantitative estimate of drug-likeness (QED) is 0.0155. The van der Waals surface area contributed by atoms with E-state index < -0.39 is 37.0 Å². The molecule has 0 amide bonds. The first-order valence-electron chi connectivity index (χ1n) is 23.0. The van der Waals surface area contributed by atoms with Crippen LogP contribution in [0.3, 0.4) is 0 Å². The summed E-state index contributed by atoms with van der Waals surface area (Å²) in [6.45, 7) is 14.7. The average molecular weight is 1040 g/mol. The van der Waals surface area contributed by atoms with E-state index in [-0.39, 0.29) is 36.0 Å². The molecule has 2 aliphatic heterocycles. The molecule has 0 saturated heterocycles. The molecule has 3 aromatic carbocycles. The molecule has 0 bridgehead atoms. The third-order valence-electron chi connectivity index (χ3n) is 12.6. The van der Waals surface area contributed by atoms with Crippen molar-refractivity contribution in [2.75, 3.05) is 71.3 Å². The number of aliphatic carboxylic acids is 1. The van der Waals surface area contributed by atoms with E-state index in [1.807, 2.05) is 58.2 Å². The molecule has 386 valence electrons. The van der Waals surface area contributed by atoms with Crippen molar-refractivity contribution in [3.05, 3.63) is 118 Å². The molecule has 1 aliphatic carbocycles. The number of aryl methyl sites for hydroxylation is 2. The lowest BCUT2D eigenvalue weighted by Gasteiger charge is -2.28. The largest absolute Gasteiger partial charge is 0.481 e.